The van der Waals surface area contributed by atoms with Crippen molar-refractivity contribution < 1.29 is 13.9 Å². The van der Waals surface area contributed by atoms with Gasteiger partial charge in [-0.1, -0.05) is 0 Å². The Morgan fingerprint density at radius 3 is 1.44 bits per heavy atom. The van der Waals surface area contributed by atoms with Crippen LogP contribution in [0.25, 0.3) is 22.6 Å². The first-order chi connectivity index (χ1) is 20.5. The number of nitrogens with two attached hydrogens (primary N) is 2. The summed E-state index contributed by atoms with van der Waals surface area (Å²) in [7, 11) is 0. The Balaban J connectivity index is 1.48. The Labute approximate surface area is 275 Å². The summed E-state index contributed by atoms with van der Waals surface area (Å²) in [6, 6.07) is 19.2. The molecule has 0 aliphatic heterocycles. The molecule has 4 N–H and O–H groups in total. The third kappa shape index (κ3) is 7.77. The van der Waals surface area contributed by atoms with E-state index in [4.69, 9.17) is 25.4 Å². The van der Waals surface area contributed by atoms with E-state index in [1.165, 1.54) is 22.7 Å². The maximum absolute atomic E-state index is 6.40. The van der Waals surface area contributed by atoms with Gasteiger partial charge in [-0.05, 0) is 108 Å². The predicted octanol–water partition coefficient (Wildman–Crippen LogP) is 9.91. The molecule has 0 radical (unpaired) electrons. The first-order valence-electron chi connectivity index (χ1n) is 13.4. The number of rotatable bonds is 10. The van der Waals surface area contributed by atoms with Crippen LogP contribution in [-0.2, 0) is 0 Å². The van der Waals surface area contributed by atoms with Gasteiger partial charge in [0.1, 0.15) is 34.7 Å². The summed E-state index contributed by atoms with van der Waals surface area (Å²) in [5.74, 6) is 3.49. The molecular formula is C32H30Br2N4O3S2. The molecule has 7 nitrogen and oxygen atoms in total. The minimum absolute atomic E-state index is 0.0557. The number of thiophene rings is 2. The molecule has 5 rings (SSSR count). The van der Waals surface area contributed by atoms with E-state index in [2.05, 4.69) is 41.8 Å². The lowest BCUT2D eigenvalue weighted by molar-refractivity contribution is 0.243. The Kier molecular flexibility index (Phi) is 9.75. The summed E-state index contributed by atoms with van der Waals surface area (Å²) in [5.41, 5.74) is 15.5. The average Bonchev–Trinajstić information content (AvgIpc) is 3.70. The lowest BCUT2D eigenvalue weighted by Crippen LogP contribution is -2.10. The normalized spacial score (nSPS) is 12.4. The SMILES string of the molecule is CC(C)Oc1cc(N=C(N)c2cc(Br)cs2)ccc1-c1ccc(-c2ccc(N=C(N)c3cc(Br)cs3)cc2OC(C)C)o1. The highest BCUT2D eigenvalue weighted by Crippen LogP contribution is 2.40. The van der Waals surface area contributed by atoms with Crippen LogP contribution >= 0.6 is 54.5 Å². The van der Waals surface area contributed by atoms with E-state index in [1.807, 2.05) is 99.1 Å². The number of hydrogen-bond donors (Lipinski definition) is 2. The van der Waals surface area contributed by atoms with Gasteiger partial charge in [-0.15, -0.1) is 22.7 Å². The van der Waals surface area contributed by atoms with Gasteiger partial charge < -0.3 is 25.4 Å². The van der Waals surface area contributed by atoms with Crippen molar-refractivity contribution in [2.75, 3.05) is 0 Å². The van der Waals surface area contributed by atoms with E-state index in [9.17, 15) is 0 Å². The molecule has 0 spiro atoms. The molecule has 0 aliphatic carbocycles. The quantitative estimate of drug-likeness (QED) is 0.109. The second kappa shape index (κ2) is 13.5. The van der Waals surface area contributed by atoms with Crippen LogP contribution in [0.2, 0.25) is 0 Å². The van der Waals surface area contributed by atoms with Crippen molar-refractivity contribution in [2.45, 2.75) is 39.9 Å². The smallest absolute Gasteiger partial charge is 0.141 e. The zero-order valence-electron chi connectivity index (χ0n) is 23.9. The zero-order valence-corrected chi connectivity index (χ0v) is 28.7. The molecular weight excluding hydrogens is 712 g/mol. The summed E-state index contributed by atoms with van der Waals surface area (Å²) >= 11 is 9.99. The molecule has 3 heterocycles. The van der Waals surface area contributed by atoms with Crippen LogP contribution in [0.15, 0.2) is 94.8 Å². The molecule has 0 fully saturated rings. The fourth-order valence-electron chi connectivity index (χ4n) is 4.18. The van der Waals surface area contributed by atoms with Crippen molar-refractivity contribution >= 4 is 77.6 Å². The van der Waals surface area contributed by atoms with E-state index in [-0.39, 0.29) is 12.2 Å². The van der Waals surface area contributed by atoms with Crippen molar-refractivity contribution in [1.82, 2.24) is 0 Å². The highest BCUT2D eigenvalue weighted by molar-refractivity contribution is 9.10. The van der Waals surface area contributed by atoms with Gasteiger partial charge in [0, 0.05) is 31.8 Å². The van der Waals surface area contributed by atoms with Crippen molar-refractivity contribution in [1.29, 1.82) is 0 Å². The number of ether oxygens (including phenoxy) is 2. The Hall–Kier alpha value is -3.38. The maximum Gasteiger partial charge on any atom is 0.141 e. The van der Waals surface area contributed by atoms with Crippen LogP contribution in [0.1, 0.15) is 37.4 Å². The van der Waals surface area contributed by atoms with Gasteiger partial charge >= 0.3 is 0 Å². The number of hydrogen-bond acceptors (Lipinski definition) is 7. The molecule has 0 atom stereocenters. The minimum Gasteiger partial charge on any atom is -0.490 e. The predicted molar refractivity (Wildman–Crippen MR) is 186 cm³/mol. The van der Waals surface area contributed by atoms with E-state index < -0.39 is 0 Å². The number of nitrogens with zero attached hydrogens (tertiary/aromatic N) is 2. The first-order valence-corrected chi connectivity index (χ1v) is 16.8. The van der Waals surface area contributed by atoms with Gasteiger partial charge in [-0.3, -0.25) is 0 Å². The second-order valence-corrected chi connectivity index (χ2v) is 13.8. The summed E-state index contributed by atoms with van der Waals surface area (Å²) in [6.45, 7) is 7.92. The molecule has 222 valence electrons. The third-order valence-electron chi connectivity index (χ3n) is 5.93. The molecule has 2 aromatic carbocycles. The van der Waals surface area contributed by atoms with E-state index >= 15 is 0 Å². The van der Waals surface area contributed by atoms with Crippen molar-refractivity contribution in [3.05, 3.63) is 90.1 Å². The molecule has 0 aliphatic rings. The molecule has 11 heteroatoms. The summed E-state index contributed by atoms with van der Waals surface area (Å²) in [5, 5.41) is 3.95. The highest BCUT2D eigenvalue weighted by Gasteiger charge is 2.18. The molecule has 3 aromatic heterocycles. The van der Waals surface area contributed by atoms with Crippen molar-refractivity contribution in [3.63, 3.8) is 0 Å². The van der Waals surface area contributed by atoms with Gasteiger partial charge in [-0.25, -0.2) is 9.98 Å². The van der Waals surface area contributed by atoms with E-state index in [1.54, 1.807) is 0 Å². The molecule has 0 saturated heterocycles. The van der Waals surface area contributed by atoms with Gasteiger partial charge in [0.2, 0.25) is 0 Å². The summed E-state index contributed by atoms with van der Waals surface area (Å²) < 4.78 is 20.7. The largest absolute Gasteiger partial charge is 0.490 e. The van der Waals surface area contributed by atoms with E-state index in [0.29, 0.717) is 46.1 Å². The Bertz CT molecular complexity index is 1680. The fraction of sp³-hybridized carbons (Fsp3) is 0.188. The topological polar surface area (TPSA) is 108 Å². The van der Waals surface area contributed by atoms with Gasteiger partial charge in [-0.2, -0.15) is 0 Å². The summed E-state index contributed by atoms with van der Waals surface area (Å²) in [6.07, 6.45) is -0.111. The highest BCUT2D eigenvalue weighted by atomic mass is 79.9. The minimum atomic E-state index is -0.0557. The number of halogens is 2. The lowest BCUT2D eigenvalue weighted by atomic mass is 10.1. The molecule has 5 aromatic rings. The maximum atomic E-state index is 6.40. The van der Waals surface area contributed by atoms with Crippen LogP contribution in [0.3, 0.4) is 0 Å². The third-order valence-corrected chi connectivity index (χ3v) is 9.36. The van der Waals surface area contributed by atoms with E-state index in [0.717, 1.165) is 29.8 Å². The molecule has 0 saturated carbocycles. The number of aliphatic imine (C=N–C) groups is 2. The number of benzene rings is 2. The van der Waals surface area contributed by atoms with Crippen molar-refractivity contribution in [3.8, 4) is 34.1 Å². The standard InChI is InChI=1S/C32H30Br2N4O3S2/c1-17(2)39-27-13-21(37-31(35)29-11-19(33)15-42-29)5-7-23(27)25-9-10-26(41-25)24-8-6-22(14-28(24)40-18(3)4)38-32(36)30-12-20(34)16-43-30/h5-18H,1-4H3,(H2,35,37)(H2,36,38). The van der Waals surface area contributed by atoms with Gasteiger partial charge in [0.25, 0.3) is 0 Å². The first kappa shape index (κ1) is 31.1. The van der Waals surface area contributed by atoms with Gasteiger partial charge in [0.05, 0.1) is 44.5 Å². The molecule has 43 heavy (non-hydrogen) atoms. The van der Waals surface area contributed by atoms with Crippen LogP contribution in [-0.4, -0.2) is 23.9 Å². The zero-order chi connectivity index (χ0) is 30.7. The lowest BCUT2D eigenvalue weighted by Gasteiger charge is -2.15. The molecule has 0 unspecified atom stereocenters. The Morgan fingerprint density at radius 2 is 1.09 bits per heavy atom. The van der Waals surface area contributed by atoms with Crippen LogP contribution < -0.4 is 20.9 Å². The molecule has 0 amide bonds. The van der Waals surface area contributed by atoms with Crippen molar-refractivity contribution in [2.24, 2.45) is 21.5 Å². The number of furan rings is 1. The average molecular weight is 743 g/mol. The fourth-order valence-corrected chi connectivity index (χ4v) is 6.84. The van der Waals surface area contributed by atoms with Gasteiger partial charge in [0.15, 0.2) is 0 Å². The molecule has 0 bridgehead atoms. The van der Waals surface area contributed by atoms with Crippen LogP contribution in [0, 0.1) is 0 Å². The number of amidine groups is 2. The van der Waals surface area contributed by atoms with Crippen LogP contribution in [0.4, 0.5) is 11.4 Å². The monoisotopic (exact) mass is 740 g/mol. The Morgan fingerprint density at radius 1 is 0.674 bits per heavy atom. The second-order valence-electron chi connectivity index (χ2n) is 10.1. The summed E-state index contributed by atoms with van der Waals surface area (Å²) in [4.78, 5) is 11.0. The van der Waals surface area contributed by atoms with Crippen LogP contribution in [0.5, 0.6) is 11.5 Å².